The van der Waals surface area contributed by atoms with E-state index < -0.39 is 30.3 Å². The van der Waals surface area contributed by atoms with E-state index in [-0.39, 0.29) is 5.56 Å². The molecule has 0 amide bonds. The fourth-order valence-corrected chi connectivity index (χ4v) is 2.45. The second-order valence-electron chi connectivity index (χ2n) is 4.90. The number of carbonyl (C=O) groups excluding carboxylic acids is 1. The Morgan fingerprint density at radius 3 is 2.41 bits per heavy atom. The van der Waals surface area contributed by atoms with Crippen molar-refractivity contribution in [2.75, 3.05) is 7.11 Å². The minimum atomic E-state index is -1.01. The van der Waals surface area contributed by atoms with Gasteiger partial charge in [-0.05, 0) is 6.07 Å². The Balaban J connectivity index is 1.93. The van der Waals surface area contributed by atoms with Crippen LogP contribution < -0.4 is 0 Å². The Morgan fingerprint density at radius 1 is 1.05 bits per heavy atom. The van der Waals surface area contributed by atoms with Crippen molar-refractivity contribution < 1.29 is 23.4 Å². The lowest BCUT2D eigenvalue weighted by atomic mass is 10.0. The van der Waals surface area contributed by atoms with Crippen molar-refractivity contribution in [1.29, 1.82) is 0 Å². The average molecular weight is 302 g/mol. The Labute approximate surface area is 127 Å². The highest BCUT2D eigenvalue weighted by Gasteiger charge is 2.44. The molecule has 0 radical (unpaired) electrons. The molecule has 22 heavy (non-hydrogen) atoms. The third kappa shape index (κ3) is 2.73. The lowest BCUT2D eigenvalue weighted by Crippen LogP contribution is -2.27. The van der Waals surface area contributed by atoms with Gasteiger partial charge in [-0.25, -0.2) is 9.18 Å². The predicted molar refractivity (Wildman–Crippen MR) is 76.3 cm³/mol. The first-order valence-corrected chi connectivity index (χ1v) is 6.89. The molecule has 5 heteroatoms. The van der Waals surface area contributed by atoms with Gasteiger partial charge in [-0.1, -0.05) is 48.5 Å². The summed E-state index contributed by atoms with van der Waals surface area (Å²) in [5, 5.41) is 0. The van der Waals surface area contributed by atoms with E-state index in [2.05, 4.69) is 0 Å². The van der Waals surface area contributed by atoms with E-state index in [9.17, 15) is 9.18 Å². The Hall–Kier alpha value is -2.24. The standard InChI is InChI=1S/C17H15FO4/c1-20-16(19)15-14(12-9-5-6-10-13(12)18)21-17(22-15)11-7-3-2-4-8-11/h2-10,14-15,17H,1H3/t14-,15-,17-/m1/s1. The lowest BCUT2D eigenvalue weighted by molar-refractivity contribution is -0.154. The lowest BCUT2D eigenvalue weighted by Gasteiger charge is -2.15. The van der Waals surface area contributed by atoms with Gasteiger partial charge in [-0.3, -0.25) is 0 Å². The van der Waals surface area contributed by atoms with Gasteiger partial charge < -0.3 is 14.2 Å². The summed E-state index contributed by atoms with van der Waals surface area (Å²) in [5.74, 6) is -1.04. The SMILES string of the molecule is COC(=O)[C@@H]1O[C@H](c2ccccc2)O[C@@H]1c1ccccc1F. The van der Waals surface area contributed by atoms with Gasteiger partial charge in [0, 0.05) is 11.1 Å². The van der Waals surface area contributed by atoms with Crippen molar-refractivity contribution in [1.82, 2.24) is 0 Å². The molecule has 0 spiro atoms. The van der Waals surface area contributed by atoms with Gasteiger partial charge in [-0.2, -0.15) is 0 Å². The molecule has 2 aromatic carbocycles. The van der Waals surface area contributed by atoms with Crippen LogP contribution in [-0.2, 0) is 19.0 Å². The number of methoxy groups -OCH3 is 1. The molecule has 0 unspecified atom stereocenters. The molecular weight excluding hydrogens is 287 g/mol. The van der Waals surface area contributed by atoms with E-state index in [1.165, 1.54) is 13.2 Å². The van der Waals surface area contributed by atoms with Crippen LogP contribution in [0.5, 0.6) is 0 Å². The molecule has 114 valence electrons. The summed E-state index contributed by atoms with van der Waals surface area (Å²) in [7, 11) is 1.26. The van der Waals surface area contributed by atoms with Gasteiger partial charge in [-0.15, -0.1) is 0 Å². The zero-order valence-electron chi connectivity index (χ0n) is 11.9. The second-order valence-corrected chi connectivity index (χ2v) is 4.90. The highest BCUT2D eigenvalue weighted by Crippen LogP contribution is 2.41. The number of benzene rings is 2. The molecule has 3 rings (SSSR count). The fraction of sp³-hybridized carbons (Fsp3) is 0.235. The molecular formula is C17H15FO4. The van der Waals surface area contributed by atoms with Gasteiger partial charge >= 0.3 is 5.97 Å². The molecule has 2 aromatic rings. The highest BCUT2D eigenvalue weighted by molar-refractivity contribution is 5.76. The smallest absolute Gasteiger partial charge is 0.338 e. The number of rotatable bonds is 3. The summed E-state index contributed by atoms with van der Waals surface area (Å²) in [6.07, 6.45) is -2.60. The minimum absolute atomic E-state index is 0.274. The molecule has 0 bridgehead atoms. The van der Waals surface area contributed by atoms with Crippen molar-refractivity contribution in [2.45, 2.75) is 18.5 Å². The summed E-state index contributed by atoms with van der Waals surface area (Å²) < 4.78 is 30.2. The first-order valence-electron chi connectivity index (χ1n) is 6.89. The molecule has 4 nitrogen and oxygen atoms in total. The Kier molecular flexibility index (Phi) is 4.18. The van der Waals surface area contributed by atoms with Crippen molar-refractivity contribution in [3.8, 4) is 0 Å². The van der Waals surface area contributed by atoms with Crippen LogP contribution in [0.2, 0.25) is 0 Å². The van der Waals surface area contributed by atoms with Gasteiger partial charge in [0.15, 0.2) is 12.4 Å². The Bertz CT molecular complexity index is 659. The third-order valence-corrected chi connectivity index (χ3v) is 3.53. The van der Waals surface area contributed by atoms with Crippen LogP contribution in [0, 0.1) is 5.82 Å². The van der Waals surface area contributed by atoms with Gasteiger partial charge in [0.05, 0.1) is 7.11 Å². The van der Waals surface area contributed by atoms with Crippen molar-refractivity contribution in [3.63, 3.8) is 0 Å². The van der Waals surface area contributed by atoms with Crippen LogP contribution in [0.3, 0.4) is 0 Å². The minimum Gasteiger partial charge on any atom is -0.467 e. The summed E-state index contributed by atoms with van der Waals surface area (Å²) >= 11 is 0. The number of halogens is 1. The first kappa shape index (κ1) is 14.7. The van der Waals surface area contributed by atoms with Crippen LogP contribution in [0.25, 0.3) is 0 Å². The molecule has 0 aromatic heterocycles. The van der Waals surface area contributed by atoms with E-state index in [1.807, 2.05) is 30.3 Å². The molecule has 0 saturated carbocycles. The average Bonchev–Trinajstić information content (AvgIpc) is 3.00. The van der Waals surface area contributed by atoms with E-state index in [0.29, 0.717) is 0 Å². The molecule has 0 N–H and O–H groups in total. The number of esters is 1. The summed E-state index contributed by atoms with van der Waals surface area (Å²) in [4.78, 5) is 11.9. The second kappa shape index (κ2) is 6.25. The van der Waals surface area contributed by atoms with Crippen LogP contribution in [0.15, 0.2) is 54.6 Å². The molecule has 1 aliphatic heterocycles. The monoisotopic (exact) mass is 302 g/mol. The highest BCUT2D eigenvalue weighted by atomic mass is 19.1. The summed E-state index contributed by atoms with van der Waals surface area (Å²) in [6, 6.07) is 15.4. The maximum absolute atomic E-state index is 14.0. The van der Waals surface area contributed by atoms with E-state index in [0.717, 1.165) is 5.56 Å². The van der Waals surface area contributed by atoms with Gasteiger partial charge in [0.2, 0.25) is 0 Å². The molecule has 1 fully saturated rings. The van der Waals surface area contributed by atoms with Crippen LogP contribution in [-0.4, -0.2) is 19.2 Å². The topological polar surface area (TPSA) is 44.8 Å². The fourth-order valence-electron chi connectivity index (χ4n) is 2.45. The maximum Gasteiger partial charge on any atom is 0.338 e. The molecule has 1 aliphatic rings. The van der Waals surface area contributed by atoms with Gasteiger partial charge in [0.25, 0.3) is 0 Å². The summed E-state index contributed by atoms with van der Waals surface area (Å²) in [5.41, 5.74) is 1.03. The van der Waals surface area contributed by atoms with Crippen LogP contribution in [0.1, 0.15) is 23.5 Å². The van der Waals surface area contributed by atoms with Crippen molar-refractivity contribution in [3.05, 3.63) is 71.5 Å². The van der Waals surface area contributed by atoms with E-state index >= 15 is 0 Å². The van der Waals surface area contributed by atoms with Crippen molar-refractivity contribution >= 4 is 5.97 Å². The third-order valence-electron chi connectivity index (χ3n) is 3.53. The molecule has 1 heterocycles. The summed E-state index contributed by atoms with van der Waals surface area (Å²) in [6.45, 7) is 0. The normalized spacial score (nSPS) is 24.2. The molecule has 1 saturated heterocycles. The van der Waals surface area contributed by atoms with E-state index in [4.69, 9.17) is 14.2 Å². The largest absolute Gasteiger partial charge is 0.467 e. The number of carbonyl (C=O) groups is 1. The Morgan fingerprint density at radius 2 is 1.73 bits per heavy atom. The van der Waals surface area contributed by atoms with Crippen molar-refractivity contribution in [2.24, 2.45) is 0 Å². The predicted octanol–water partition coefficient (Wildman–Crippen LogP) is 3.15. The van der Waals surface area contributed by atoms with Crippen LogP contribution >= 0.6 is 0 Å². The number of hydrogen-bond acceptors (Lipinski definition) is 4. The maximum atomic E-state index is 14.0. The van der Waals surface area contributed by atoms with Gasteiger partial charge in [0.1, 0.15) is 11.9 Å². The van der Waals surface area contributed by atoms with E-state index in [1.54, 1.807) is 18.2 Å². The quantitative estimate of drug-likeness (QED) is 0.817. The van der Waals surface area contributed by atoms with Crippen LogP contribution in [0.4, 0.5) is 4.39 Å². The number of ether oxygens (including phenoxy) is 3. The zero-order valence-corrected chi connectivity index (χ0v) is 11.9. The molecule has 0 aliphatic carbocycles. The zero-order chi connectivity index (χ0) is 15.5. The molecule has 3 atom stereocenters. The first-order chi connectivity index (χ1) is 10.7. The number of hydrogen-bond donors (Lipinski definition) is 0.